The van der Waals surface area contributed by atoms with E-state index in [9.17, 15) is 9.59 Å². The van der Waals surface area contributed by atoms with Crippen LogP contribution in [0.15, 0.2) is 64.8 Å². The number of pyridine rings is 2. The topological polar surface area (TPSA) is 76.3 Å². The summed E-state index contributed by atoms with van der Waals surface area (Å²) in [5.74, 6) is -0.376. The van der Waals surface area contributed by atoms with Gasteiger partial charge in [-0.25, -0.2) is 5.43 Å². The smallest absolute Gasteiger partial charge is 0.272 e. The number of aryl methyl sites for hydroxylation is 1. The summed E-state index contributed by atoms with van der Waals surface area (Å²) in [6, 6.07) is 12.3. The number of carbonyl (C=O) groups excluding carboxylic acids is 1. The van der Waals surface area contributed by atoms with Crippen LogP contribution in [0.3, 0.4) is 0 Å². The van der Waals surface area contributed by atoms with Crippen molar-refractivity contribution in [1.82, 2.24) is 15.0 Å². The lowest BCUT2D eigenvalue weighted by Crippen LogP contribution is -2.22. The van der Waals surface area contributed by atoms with Crippen LogP contribution in [0, 0.1) is 0 Å². The number of amides is 1. The molecular formula is C17H14N4O2. The molecule has 0 fully saturated rings. The molecule has 6 nitrogen and oxygen atoms in total. The van der Waals surface area contributed by atoms with E-state index in [4.69, 9.17) is 0 Å². The van der Waals surface area contributed by atoms with Gasteiger partial charge in [0.1, 0.15) is 0 Å². The summed E-state index contributed by atoms with van der Waals surface area (Å²) in [6.45, 7) is 0. The Labute approximate surface area is 132 Å². The highest BCUT2D eigenvalue weighted by molar-refractivity contribution is 5.95. The fourth-order valence-corrected chi connectivity index (χ4v) is 2.13. The third-order valence-electron chi connectivity index (χ3n) is 3.35. The zero-order valence-corrected chi connectivity index (χ0v) is 12.4. The minimum atomic E-state index is -0.376. The zero-order valence-electron chi connectivity index (χ0n) is 12.4. The Balaban J connectivity index is 1.73. The number of carbonyl (C=O) groups is 1. The summed E-state index contributed by atoms with van der Waals surface area (Å²) in [4.78, 5) is 27.5. The molecule has 0 aliphatic carbocycles. The Bertz CT molecular complexity index is 960. The van der Waals surface area contributed by atoms with E-state index >= 15 is 0 Å². The van der Waals surface area contributed by atoms with E-state index in [-0.39, 0.29) is 11.5 Å². The van der Waals surface area contributed by atoms with Crippen molar-refractivity contribution in [3.63, 3.8) is 0 Å². The third-order valence-corrected chi connectivity index (χ3v) is 3.35. The highest BCUT2D eigenvalue weighted by atomic mass is 16.2. The molecule has 0 unspecified atom stereocenters. The summed E-state index contributed by atoms with van der Waals surface area (Å²) < 4.78 is 1.34. The molecule has 114 valence electrons. The molecule has 0 aliphatic heterocycles. The van der Waals surface area contributed by atoms with Crippen LogP contribution < -0.4 is 11.0 Å². The highest BCUT2D eigenvalue weighted by Gasteiger charge is 2.04. The maximum absolute atomic E-state index is 12.0. The molecule has 2 aromatic heterocycles. The lowest BCUT2D eigenvalue weighted by molar-refractivity contribution is 0.0954. The summed E-state index contributed by atoms with van der Waals surface area (Å²) in [5.41, 5.74) is 4.39. The second-order valence-corrected chi connectivity index (χ2v) is 5.02. The molecule has 0 aliphatic rings. The average Bonchev–Trinajstić information content (AvgIpc) is 2.57. The van der Waals surface area contributed by atoms with E-state index in [1.54, 1.807) is 19.5 Å². The van der Waals surface area contributed by atoms with E-state index in [0.29, 0.717) is 5.56 Å². The number of aromatic nitrogens is 2. The first-order valence-corrected chi connectivity index (χ1v) is 6.98. The Morgan fingerprint density at radius 2 is 2.13 bits per heavy atom. The number of nitrogens with zero attached hydrogens (tertiary/aromatic N) is 3. The van der Waals surface area contributed by atoms with Crippen LogP contribution in [0.2, 0.25) is 0 Å². The molecule has 23 heavy (non-hydrogen) atoms. The van der Waals surface area contributed by atoms with Gasteiger partial charge < -0.3 is 4.57 Å². The molecule has 6 heteroatoms. The minimum Gasteiger partial charge on any atom is -0.318 e. The largest absolute Gasteiger partial charge is 0.318 e. The van der Waals surface area contributed by atoms with Gasteiger partial charge in [0.25, 0.3) is 5.91 Å². The monoisotopic (exact) mass is 306 g/mol. The molecule has 1 N–H and O–H groups in total. The first kappa shape index (κ1) is 14.6. The molecule has 0 spiro atoms. The quantitative estimate of drug-likeness (QED) is 0.591. The standard InChI is InChI=1S/C17H14N4O2/c1-21-11-14(5-7-16(21)22)17(23)20-19-10-12-4-6-15-13(9-12)3-2-8-18-15/h2-11H,1H3,(H,20,23). The van der Waals surface area contributed by atoms with Crippen LogP contribution in [0.25, 0.3) is 10.9 Å². The van der Waals surface area contributed by atoms with Crippen molar-refractivity contribution < 1.29 is 4.79 Å². The Hall–Kier alpha value is -3.28. The van der Waals surface area contributed by atoms with Gasteiger partial charge in [0.15, 0.2) is 0 Å². The lowest BCUT2D eigenvalue weighted by atomic mass is 10.1. The molecular weight excluding hydrogens is 292 g/mol. The van der Waals surface area contributed by atoms with E-state index in [0.717, 1.165) is 16.5 Å². The van der Waals surface area contributed by atoms with Crippen molar-refractivity contribution in [2.75, 3.05) is 0 Å². The number of benzene rings is 1. The molecule has 0 atom stereocenters. The second kappa shape index (κ2) is 6.23. The van der Waals surface area contributed by atoms with Crippen LogP contribution in [0.1, 0.15) is 15.9 Å². The van der Waals surface area contributed by atoms with Gasteiger partial charge in [-0.15, -0.1) is 0 Å². The molecule has 0 radical (unpaired) electrons. The van der Waals surface area contributed by atoms with Gasteiger partial charge in [0.2, 0.25) is 5.56 Å². The lowest BCUT2D eigenvalue weighted by Gasteiger charge is -2.02. The first-order valence-electron chi connectivity index (χ1n) is 6.98. The Morgan fingerprint density at radius 1 is 1.26 bits per heavy atom. The van der Waals surface area contributed by atoms with E-state index in [2.05, 4.69) is 15.5 Å². The normalized spacial score (nSPS) is 11.0. The van der Waals surface area contributed by atoms with Gasteiger partial charge in [-0.2, -0.15) is 5.10 Å². The number of fused-ring (bicyclic) bond motifs is 1. The molecule has 1 aromatic carbocycles. The van der Waals surface area contributed by atoms with Gasteiger partial charge in [-0.05, 0) is 29.8 Å². The summed E-state index contributed by atoms with van der Waals surface area (Å²) in [5, 5.41) is 4.95. The first-order chi connectivity index (χ1) is 11.1. The predicted molar refractivity (Wildman–Crippen MR) is 88.5 cm³/mol. The van der Waals surface area contributed by atoms with Gasteiger partial charge >= 0.3 is 0 Å². The van der Waals surface area contributed by atoms with Gasteiger partial charge in [0, 0.05) is 30.9 Å². The van der Waals surface area contributed by atoms with Crippen molar-refractivity contribution in [3.8, 4) is 0 Å². The molecule has 3 aromatic rings. The molecule has 0 saturated carbocycles. The second-order valence-electron chi connectivity index (χ2n) is 5.02. The molecule has 2 heterocycles. The van der Waals surface area contributed by atoms with Crippen molar-refractivity contribution in [2.24, 2.45) is 12.1 Å². The van der Waals surface area contributed by atoms with Crippen molar-refractivity contribution in [3.05, 3.63) is 76.3 Å². The highest BCUT2D eigenvalue weighted by Crippen LogP contribution is 2.11. The Morgan fingerprint density at radius 3 is 2.96 bits per heavy atom. The summed E-state index contributed by atoms with van der Waals surface area (Å²) in [6.07, 6.45) is 4.77. The van der Waals surface area contributed by atoms with Gasteiger partial charge in [-0.1, -0.05) is 12.1 Å². The number of hydrazone groups is 1. The molecule has 3 rings (SSSR count). The number of hydrogen-bond acceptors (Lipinski definition) is 4. The van der Waals surface area contributed by atoms with Crippen LogP contribution in [-0.4, -0.2) is 21.7 Å². The molecule has 0 bridgehead atoms. The van der Waals surface area contributed by atoms with Crippen molar-refractivity contribution in [2.45, 2.75) is 0 Å². The summed E-state index contributed by atoms with van der Waals surface area (Å²) >= 11 is 0. The van der Waals surface area contributed by atoms with E-state index in [1.165, 1.54) is 22.9 Å². The van der Waals surface area contributed by atoms with E-state index in [1.807, 2.05) is 30.3 Å². The average molecular weight is 306 g/mol. The van der Waals surface area contributed by atoms with Gasteiger partial charge in [0.05, 0.1) is 17.3 Å². The zero-order chi connectivity index (χ0) is 16.2. The van der Waals surface area contributed by atoms with Crippen LogP contribution in [0.4, 0.5) is 0 Å². The maximum Gasteiger partial charge on any atom is 0.272 e. The van der Waals surface area contributed by atoms with Crippen molar-refractivity contribution in [1.29, 1.82) is 0 Å². The molecule has 0 saturated heterocycles. The fourth-order valence-electron chi connectivity index (χ4n) is 2.13. The number of hydrogen-bond donors (Lipinski definition) is 1. The predicted octanol–water partition coefficient (Wildman–Crippen LogP) is 1.70. The minimum absolute atomic E-state index is 0.171. The fraction of sp³-hybridized carbons (Fsp3) is 0.0588. The molecule has 1 amide bonds. The van der Waals surface area contributed by atoms with Crippen LogP contribution in [0.5, 0.6) is 0 Å². The maximum atomic E-state index is 12.0. The van der Waals surface area contributed by atoms with Crippen LogP contribution >= 0.6 is 0 Å². The number of rotatable bonds is 3. The number of nitrogens with one attached hydrogen (secondary N) is 1. The van der Waals surface area contributed by atoms with E-state index < -0.39 is 0 Å². The van der Waals surface area contributed by atoms with Gasteiger partial charge in [-0.3, -0.25) is 14.6 Å². The SMILES string of the molecule is Cn1cc(C(=O)NN=Cc2ccc3ncccc3c2)ccc1=O. The Kier molecular flexibility index (Phi) is 3.97. The van der Waals surface area contributed by atoms with Crippen LogP contribution in [-0.2, 0) is 7.05 Å². The third kappa shape index (κ3) is 3.32. The van der Waals surface area contributed by atoms with Crippen molar-refractivity contribution >= 4 is 23.0 Å². The summed E-state index contributed by atoms with van der Waals surface area (Å²) in [7, 11) is 1.59.